The van der Waals surface area contributed by atoms with Crippen molar-refractivity contribution < 1.29 is 19.1 Å². The van der Waals surface area contributed by atoms with Gasteiger partial charge in [0.1, 0.15) is 18.5 Å². The minimum atomic E-state index is -0.165. The highest BCUT2D eigenvalue weighted by molar-refractivity contribution is 5.97. The molecular formula is C23H29N3O4. The van der Waals surface area contributed by atoms with Gasteiger partial charge < -0.3 is 19.7 Å². The maximum absolute atomic E-state index is 13.0. The molecule has 1 atom stereocenters. The Balaban J connectivity index is 1.63. The smallest absolute Gasteiger partial charge is 0.255 e. The lowest BCUT2D eigenvalue weighted by atomic mass is 10.0. The Morgan fingerprint density at radius 1 is 1.17 bits per heavy atom. The summed E-state index contributed by atoms with van der Waals surface area (Å²) in [6, 6.07) is 11.0. The van der Waals surface area contributed by atoms with Gasteiger partial charge in [0, 0.05) is 45.4 Å². The summed E-state index contributed by atoms with van der Waals surface area (Å²) in [7, 11) is 1.52. The topological polar surface area (TPSA) is 80.8 Å². The number of benzene rings is 1. The van der Waals surface area contributed by atoms with Crippen molar-refractivity contribution in [3.63, 3.8) is 0 Å². The molecule has 7 nitrogen and oxygen atoms in total. The number of rotatable bonds is 8. The van der Waals surface area contributed by atoms with Gasteiger partial charge in [-0.25, -0.2) is 0 Å². The van der Waals surface area contributed by atoms with E-state index in [1.807, 2.05) is 37.3 Å². The molecule has 1 aromatic heterocycles. The number of piperidine rings is 1. The minimum absolute atomic E-state index is 0.00236. The van der Waals surface area contributed by atoms with Crippen molar-refractivity contribution in [1.29, 1.82) is 0 Å². The number of aromatic nitrogens is 1. The lowest BCUT2D eigenvalue weighted by Crippen LogP contribution is -2.43. The van der Waals surface area contributed by atoms with Crippen molar-refractivity contribution in [2.24, 2.45) is 0 Å². The van der Waals surface area contributed by atoms with Crippen LogP contribution in [-0.4, -0.2) is 54.6 Å². The van der Waals surface area contributed by atoms with Gasteiger partial charge >= 0.3 is 0 Å². The van der Waals surface area contributed by atoms with Crippen molar-refractivity contribution >= 4 is 11.8 Å². The first kappa shape index (κ1) is 21.8. The second-order valence-corrected chi connectivity index (χ2v) is 7.34. The highest BCUT2D eigenvalue weighted by atomic mass is 16.5. The van der Waals surface area contributed by atoms with E-state index in [1.54, 1.807) is 23.4 Å². The van der Waals surface area contributed by atoms with E-state index in [-0.39, 0.29) is 30.6 Å². The monoisotopic (exact) mass is 411 g/mol. The molecule has 1 aliphatic rings. The molecule has 0 aliphatic carbocycles. The number of pyridine rings is 1. The number of methoxy groups -OCH3 is 1. The van der Waals surface area contributed by atoms with Gasteiger partial charge in [-0.2, -0.15) is 0 Å². The van der Waals surface area contributed by atoms with Crippen LogP contribution in [0.3, 0.4) is 0 Å². The Labute approximate surface area is 177 Å². The molecule has 30 heavy (non-hydrogen) atoms. The quantitative estimate of drug-likeness (QED) is 0.722. The average Bonchev–Trinajstić information content (AvgIpc) is 2.79. The number of ether oxygens (including phenoxy) is 2. The van der Waals surface area contributed by atoms with Gasteiger partial charge in [0.25, 0.3) is 5.91 Å². The molecule has 2 aromatic rings. The van der Waals surface area contributed by atoms with Gasteiger partial charge in [0.15, 0.2) is 0 Å². The van der Waals surface area contributed by atoms with Crippen LogP contribution in [-0.2, 0) is 9.53 Å². The van der Waals surface area contributed by atoms with Crippen LogP contribution in [0.1, 0.15) is 48.1 Å². The van der Waals surface area contributed by atoms with Crippen LogP contribution in [0.25, 0.3) is 0 Å². The molecule has 0 radical (unpaired) electrons. The van der Waals surface area contributed by atoms with Gasteiger partial charge in [-0.3, -0.25) is 14.6 Å². The van der Waals surface area contributed by atoms with Gasteiger partial charge in [-0.15, -0.1) is 0 Å². The maximum atomic E-state index is 13.0. The van der Waals surface area contributed by atoms with E-state index in [0.29, 0.717) is 24.4 Å². The summed E-state index contributed by atoms with van der Waals surface area (Å²) >= 11 is 0. The predicted molar refractivity (Wildman–Crippen MR) is 113 cm³/mol. The van der Waals surface area contributed by atoms with E-state index >= 15 is 0 Å². The van der Waals surface area contributed by atoms with E-state index in [1.165, 1.54) is 7.11 Å². The van der Waals surface area contributed by atoms with Crippen LogP contribution in [0.4, 0.5) is 0 Å². The van der Waals surface area contributed by atoms with E-state index in [2.05, 4.69) is 10.3 Å². The van der Waals surface area contributed by atoms with Crippen LogP contribution in [0, 0.1) is 0 Å². The predicted octanol–water partition coefficient (Wildman–Crippen LogP) is 2.98. The zero-order valence-electron chi connectivity index (χ0n) is 17.5. The zero-order chi connectivity index (χ0) is 21.3. The average molecular weight is 412 g/mol. The standard InChI is InChI=1S/C23H29N3O4/c1-3-20(17-8-12-24-13-9-17)25-23(28)19-6-4-5-7-21(19)30-18-10-14-26(15-11-18)22(27)16-29-2/h4-9,12-13,18,20H,3,10-11,14-16H2,1-2H3,(H,25,28)/t20-/m1/s1. The molecule has 0 bridgehead atoms. The molecular weight excluding hydrogens is 382 g/mol. The van der Waals surface area contributed by atoms with Crippen LogP contribution < -0.4 is 10.1 Å². The number of hydrogen-bond donors (Lipinski definition) is 1. The number of nitrogens with one attached hydrogen (secondary N) is 1. The molecule has 0 saturated carbocycles. The fourth-order valence-electron chi connectivity index (χ4n) is 3.63. The summed E-state index contributed by atoms with van der Waals surface area (Å²) in [6.45, 7) is 3.39. The summed E-state index contributed by atoms with van der Waals surface area (Å²) in [6.07, 6.45) is 5.63. The van der Waals surface area contributed by atoms with Crippen molar-refractivity contribution in [3.8, 4) is 5.75 Å². The summed E-state index contributed by atoms with van der Waals surface area (Å²) < 4.78 is 11.1. The summed E-state index contributed by atoms with van der Waals surface area (Å²) in [4.78, 5) is 30.8. The Hall–Kier alpha value is -2.93. The Bertz CT molecular complexity index is 835. The Kier molecular flexibility index (Phi) is 7.79. The third-order valence-electron chi connectivity index (χ3n) is 5.31. The number of nitrogens with zero attached hydrogens (tertiary/aromatic N) is 2. The molecule has 1 aromatic carbocycles. The summed E-state index contributed by atoms with van der Waals surface area (Å²) in [5.74, 6) is 0.403. The fourth-order valence-corrected chi connectivity index (χ4v) is 3.63. The Morgan fingerprint density at radius 2 is 1.87 bits per heavy atom. The number of hydrogen-bond acceptors (Lipinski definition) is 5. The highest BCUT2D eigenvalue weighted by Gasteiger charge is 2.25. The third-order valence-corrected chi connectivity index (χ3v) is 5.31. The first-order valence-corrected chi connectivity index (χ1v) is 10.4. The molecule has 3 rings (SSSR count). The highest BCUT2D eigenvalue weighted by Crippen LogP contribution is 2.25. The molecule has 1 aliphatic heterocycles. The molecule has 2 amide bonds. The maximum Gasteiger partial charge on any atom is 0.255 e. The van der Waals surface area contributed by atoms with Gasteiger partial charge in [-0.05, 0) is 36.2 Å². The van der Waals surface area contributed by atoms with Gasteiger partial charge in [0.05, 0.1) is 11.6 Å². The molecule has 1 saturated heterocycles. The van der Waals surface area contributed by atoms with Gasteiger partial charge in [0.2, 0.25) is 5.91 Å². The normalized spacial score (nSPS) is 15.5. The molecule has 2 heterocycles. The van der Waals surface area contributed by atoms with E-state index in [0.717, 1.165) is 24.8 Å². The lowest BCUT2D eigenvalue weighted by molar-refractivity contribution is -0.136. The summed E-state index contributed by atoms with van der Waals surface area (Å²) in [5, 5.41) is 3.10. The number of likely N-dealkylation sites (tertiary alicyclic amines) is 1. The largest absolute Gasteiger partial charge is 0.489 e. The molecule has 0 unspecified atom stereocenters. The van der Waals surface area contributed by atoms with Crippen molar-refractivity contribution in [1.82, 2.24) is 15.2 Å². The summed E-state index contributed by atoms with van der Waals surface area (Å²) in [5.41, 5.74) is 1.54. The van der Waals surface area contributed by atoms with Crippen LogP contribution in [0.2, 0.25) is 0 Å². The van der Waals surface area contributed by atoms with Gasteiger partial charge in [-0.1, -0.05) is 19.1 Å². The van der Waals surface area contributed by atoms with Crippen molar-refractivity contribution in [3.05, 3.63) is 59.9 Å². The third kappa shape index (κ3) is 5.57. The molecule has 7 heteroatoms. The Morgan fingerprint density at radius 3 is 2.53 bits per heavy atom. The first-order valence-electron chi connectivity index (χ1n) is 10.4. The number of para-hydroxylation sites is 1. The second kappa shape index (κ2) is 10.7. The fraction of sp³-hybridized carbons (Fsp3) is 0.435. The molecule has 160 valence electrons. The van der Waals surface area contributed by atoms with Crippen molar-refractivity contribution in [2.75, 3.05) is 26.8 Å². The zero-order valence-corrected chi connectivity index (χ0v) is 17.5. The second-order valence-electron chi connectivity index (χ2n) is 7.34. The SMILES string of the molecule is CC[C@@H](NC(=O)c1ccccc1OC1CCN(C(=O)COC)CC1)c1ccncc1. The molecule has 1 fully saturated rings. The molecule has 1 N–H and O–H groups in total. The molecule has 0 spiro atoms. The van der Waals surface area contributed by atoms with Crippen LogP contribution >= 0.6 is 0 Å². The van der Waals surface area contributed by atoms with Crippen LogP contribution in [0.5, 0.6) is 5.75 Å². The van der Waals surface area contributed by atoms with E-state index in [4.69, 9.17) is 9.47 Å². The number of carbonyl (C=O) groups excluding carboxylic acids is 2. The van der Waals surface area contributed by atoms with E-state index in [9.17, 15) is 9.59 Å². The van der Waals surface area contributed by atoms with Crippen LogP contribution in [0.15, 0.2) is 48.8 Å². The van der Waals surface area contributed by atoms with E-state index < -0.39 is 0 Å². The first-order chi connectivity index (χ1) is 14.6. The van der Waals surface area contributed by atoms with Crippen molar-refractivity contribution in [2.45, 2.75) is 38.3 Å². The minimum Gasteiger partial charge on any atom is -0.489 e. The number of amides is 2. The lowest BCUT2D eigenvalue weighted by Gasteiger charge is -2.32. The number of carbonyl (C=O) groups is 2.